The molecule has 0 aliphatic heterocycles. The van der Waals surface area contributed by atoms with Gasteiger partial charge in [0.25, 0.3) is 0 Å². The van der Waals surface area contributed by atoms with E-state index in [1.807, 2.05) is 0 Å². The molecular weight excluding hydrogens is 174 g/mol. The van der Waals surface area contributed by atoms with E-state index in [0.29, 0.717) is 0 Å². The quantitative estimate of drug-likeness (QED) is 0.708. The molecule has 1 rings (SSSR count). The van der Waals surface area contributed by atoms with Crippen LogP contribution in [0.5, 0.6) is 0 Å². The molecule has 0 amide bonds. The van der Waals surface area contributed by atoms with Crippen LogP contribution in [0, 0.1) is 0 Å². The lowest BCUT2D eigenvalue weighted by atomic mass is 10.3. The lowest BCUT2D eigenvalue weighted by molar-refractivity contribution is 0.875. The van der Waals surface area contributed by atoms with Gasteiger partial charge in [-0.15, -0.1) is 0 Å². The second-order valence-electron chi connectivity index (χ2n) is 3.55. The van der Waals surface area contributed by atoms with E-state index in [4.69, 9.17) is 0 Å². The number of para-hydroxylation sites is 1. The van der Waals surface area contributed by atoms with Crippen LogP contribution < -0.4 is 4.98 Å². The van der Waals surface area contributed by atoms with Crippen molar-refractivity contribution in [3.63, 3.8) is 0 Å². The molecule has 1 aromatic rings. The van der Waals surface area contributed by atoms with Crippen molar-refractivity contribution in [1.82, 2.24) is 0 Å². The van der Waals surface area contributed by atoms with E-state index >= 15 is 0 Å². The van der Waals surface area contributed by atoms with E-state index in [1.165, 1.54) is 24.6 Å². The molecule has 0 radical (unpaired) electrons. The smallest absolute Gasteiger partial charge is 0.134 e. The van der Waals surface area contributed by atoms with Gasteiger partial charge >= 0.3 is 0 Å². The molecule has 0 aromatic heterocycles. The van der Waals surface area contributed by atoms with Gasteiger partial charge in [0.15, 0.2) is 0 Å². The standard InChI is InChI=1S/C11H19NSi/c1-3-4-10-13(2)12-11-8-6-5-7-9-11/h5-9,12-13H,3-4,10H2,1-2H3. The number of rotatable bonds is 5. The van der Waals surface area contributed by atoms with Gasteiger partial charge in [0.05, 0.1) is 0 Å². The third-order valence-corrected chi connectivity index (χ3v) is 4.28. The lowest BCUT2D eigenvalue weighted by Gasteiger charge is -2.12. The molecule has 2 heteroatoms. The van der Waals surface area contributed by atoms with Crippen molar-refractivity contribution >= 4 is 14.6 Å². The minimum absolute atomic E-state index is 0.696. The number of benzene rings is 1. The Morgan fingerprint density at radius 2 is 1.92 bits per heavy atom. The normalized spacial score (nSPS) is 12.5. The van der Waals surface area contributed by atoms with Gasteiger partial charge in [0.2, 0.25) is 0 Å². The molecule has 1 atom stereocenters. The lowest BCUT2D eigenvalue weighted by Crippen LogP contribution is -2.19. The van der Waals surface area contributed by atoms with Crippen molar-refractivity contribution in [2.75, 3.05) is 4.98 Å². The summed E-state index contributed by atoms with van der Waals surface area (Å²) in [6.45, 7) is 4.63. The number of unbranched alkanes of at least 4 members (excludes halogenated alkanes) is 1. The highest BCUT2D eigenvalue weighted by molar-refractivity contribution is 6.60. The van der Waals surface area contributed by atoms with E-state index in [1.54, 1.807) is 0 Å². The van der Waals surface area contributed by atoms with Gasteiger partial charge in [-0.3, -0.25) is 0 Å². The number of anilines is 1. The van der Waals surface area contributed by atoms with Crippen LogP contribution in [0.4, 0.5) is 5.69 Å². The zero-order chi connectivity index (χ0) is 9.52. The van der Waals surface area contributed by atoms with Crippen LogP contribution in [0.15, 0.2) is 30.3 Å². The van der Waals surface area contributed by atoms with Gasteiger partial charge in [-0.2, -0.15) is 0 Å². The average Bonchev–Trinajstić information content (AvgIpc) is 2.16. The molecule has 1 nitrogen and oxygen atoms in total. The zero-order valence-electron chi connectivity index (χ0n) is 8.59. The summed E-state index contributed by atoms with van der Waals surface area (Å²) in [5, 5.41) is 0. The van der Waals surface area contributed by atoms with Gasteiger partial charge in [-0.25, -0.2) is 0 Å². The van der Waals surface area contributed by atoms with Crippen LogP contribution in [-0.2, 0) is 0 Å². The van der Waals surface area contributed by atoms with Crippen LogP contribution in [-0.4, -0.2) is 8.96 Å². The summed E-state index contributed by atoms with van der Waals surface area (Å²) in [6.07, 6.45) is 2.68. The predicted molar refractivity (Wildman–Crippen MR) is 62.8 cm³/mol. The second-order valence-corrected chi connectivity index (χ2v) is 6.22. The van der Waals surface area contributed by atoms with Crippen molar-refractivity contribution in [3.8, 4) is 0 Å². The van der Waals surface area contributed by atoms with Gasteiger partial charge in [0, 0.05) is 5.69 Å². The Bertz CT molecular complexity index is 223. The number of hydrogen-bond acceptors (Lipinski definition) is 1. The summed E-state index contributed by atoms with van der Waals surface area (Å²) >= 11 is 0. The first-order valence-corrected chi connectivity index (χ1v) is 7.69. The summed E-state index contributed by atoms with van der Waals surface area (Å²) in [6, 6.07) is 11.9. The fourth-order valence-corrected chi connectivity index (χ4v) is 3.33. The highest BCUT2D eigenvalue weighted by Gasteiger charge is 2.01. The fourth-order valence-electron chi connectivity index (χ4n) is 1.40. The zero-order valence-corrected chi connectivity index (χ0v) is 9.74. The SMILES string of the molecule is CCCC[SiH](C)Nc1ccccc1. The minimum atomic E-state index is -0.696. The largest absolute Gasteiger partial charge is 0.413 e. The summed E-state index contributed by atoms with van der Waals surface area (Å²) < 4.78 is 0. The van der Waals surface area contributed by atoms with E-state index in [9.17, 15) is 0 Å². The Hall–Kier alpha value is -0.763. The van der Waals surface area contributed by atoms with Crippen molar-refractivity contribution < 1.29 is 0 Å². The van der Waals surface area contributed by atoms with E-state index < -0.39 is 8.96 Å². The number of nitrogens with one attached hydrogen (secondary N) is 1. The van der Waals surface area contributed by atoms with E-state index in [-0.39, 0.29) is 0 Å². The Kier molecular flexibility index (Phi) is 4.61. The first-order chi connectivity index (χ1) is 6.33. The third kappa shape index (κ3) is 4.13. The molecule has 0 aliphatic rings. The molecular formula is C11H19NSi. The fraction of sp³-hybridized carbons (Fsp3) is 0.455. The Morgan fingerprint density at radius 3 is 2.54 bits per heavy atom. The minimum Gasteiger partial charge on any atom is -0.413 e. The highest BCUT2D eigenvalue weighted by Crippen LogP contribution is 2.08. The monoisotopic (exact) mass is 193 g/mol. The maximum atomic E-state index is 3.62. The predicted octanol–water partition coefficient (Wildman–Crippen LogP) is 3.25. The van der Waals surface area contributed by atoms with E-state index in [0.717, 1.165) is 0 Å². The third-order valence-electron chi connectivity index (χ3n) is 2.18. The van der Waals surface area contributed by atoms with Crippen LogP contribution in [0.25, 0.3) is 0 Å². The van der Waals surface area contributed by atoms with Gasteiger partial charge < -0.3 is 4.98 Å². The molecule has 1 unspecified atom stereocenters. The van der Waals surface area contributed by atoms with Crippen molar-refractivity contribution in [3.05, 3.63) is 30.3 Å². The summed E-state index contributed by atoms with van der Waals surface area (Å²) in [4.78, 5) is 3.62. The summed E-state index contributed by atoms with van der Waals surface area (Å²) in [7, 11) is -0.696. The van der Waals surface area contributed by atoms with Crippen LogP contribution in [0.1, 0.15) is 19.8 Å². The molecule has 0 spiro atoms. The molecule has 0 fully saturated rings. The topological polar surface area (TPSA) is 12.0 Å². The molecule has 0 bridgehead atoms. The maximum absolute atomic E-state index is 3.62. The maximum Gasteiger partial charge on any atom is 0.134 e. The molecule has 0 heterocycles. The molecule has 0 aliphatic carbocycles. The molecule has 0 saturated heterocycles. The molecule has 1 N–H and O–H groups in total. The van der Waals surface area contributed by atoms with Crippen molar-refractivity contribution in [2.45, 2.75) is 32.4 Å². The Morgan fingerprint density at radius 1 is 1.23 bits per heavy atom. The number of hydrogen-bond donors (Lipinski definition) is 1. The first-order valence-electron chi connectivity index (χ1n) is 5.14. The van der Waals surface area contributed by atoms with Gasteiger partial charge in [-0.05, 0) is 18.2 Å². The highest BCUT2D eigenvalue weighted by atomic mass is 28.3. The van der Waals surface area contributed by atoms with Crippen molar-refractivity contribution in [1.29, 1.82) is 0 Å². The second kappa shape index (κ2) is 5.81. The molecule has 1 aromatic carbocycles. The molecule has 0 saturated carbocycles. The van der Waals surface area contributed by atoms with Gasteiger partial charge in [-0.1, -0.05) is 44.5 Å². The average molecular weight is 193 g/mol. The van der Waals surface area contributed by atoms with Crippen LogP contribution in [0.3, 0.4) is 0 Å². The Labute approximate surface area is 82.9 Å². The van der Waals surface area contributed by atoms with E-state index in [2.05, 4.69) is 48.8 Å². The van der Waals surface area contributed by atoms with Crippen LogP contribution in [0.2, 0.25) is 12.6 Å². The van der Waals surface area contributed by atoms with Crippen molar-refractivity contribution in [2.24, 2.45) is 0 Å². The molecule has 13 heavy (non-hydrogen) atoms. The first kappa shape index (κ1) is 10.3. The molecule has 72 valence electrons. The van der Waals surface area contributed by atoms with Gasteiger partial charge in [0.1, 0.15) is 8.96 Å². The Balaban J connectivity index is 2.32. The van der Waals surface area contributed by atoms with Crippen LogP contribution >= 0.6 is 0 Å². The summed E-state index contributed by atoms with van der Waals surface area (Å²) in [5.41, 5.74) is 1.29. The summed E-state index contributed by atoms with van der Waals surface area (Å²) in [5.74, 6) is 0.